The van der Waals surface area contributed by atoms with E-state index in [9.17, 15) is 14.7 Å². The Morgan fingerprint density at radius 1 is 1.02 bits per heavy atom. The van der Waals surface area contributed by atoms with Crippen LogP contribution in [0, 0.1) is 0 Å². The number of guanidine groups is 1. The van der Waals surface area contributed by atoms with Gasteiger partial charge in [-0.15, -0.1) is 0 Å². The van der Waals surface area contributed by atoms with Crippen molar-refractivity contribution in [1.82, 2.24) is 15.1 Å². The van der Waals surface area contributed by atoms with Crippen LogP contribution in [0.4, 0.5) is 5.69 Å². The highest BCUT2D eigenvalue weighted by Gasteiger charge is 2.25. The Labute approximate surface area is 243 Å². The number of ether oxygens (including phenoxy) is 1. The molecular weight excluding hydrogens is 518 g/mol. The number of amides is 2. The van der Waals surface area contributed by atoms with Gasteiger partial charge in [-0.25, -0.2) is 4.99 Å². The highest BCUT2D eigenvalue weighted by Crippen LogP contribution is 2.33. The number of nitrogens with two attached hydrogens (primary N) is 1. The van der Waals surface area contributed by atoms with E-state index in [-0.39, 0.29) is 25.0 Å². The van der Waals surface area contributed by atoms with Crippen molar-refractivity contribution >= 4 is 23.5 Å². The number of unbranched alkanes of at least 4 members (excludes halogenated alkanes) is 2. The number of nitrogens with one attached hydrogen (secondary N) is 1. The number of carbonyl (C=O) groups is 2. The molecule has 222 valence electrons. The van der Waals surface area contributed by atoms with Crippen molar-refractivity contribution in [3.8, 4) is 5.75 Å². The van der Waals surface area contributed by atoms with Crippen molar-refractivity contribution in [1.29, 1.82) is 0 Å². The second kappa shape index (κ2) is 16.0. The van der Waals surface area contributed by atoms with E-state index in [1.54, 1.807) is 4.90 Å². The third-order valence-corrected chi connectivity index (χ3v) is 7.87. The maximum Gasteiger partial charge on any atom is 0.239 e. The largest absolute Gasteiger partial charge is 0.493 e. The molecule has 4 rings (SSSR count). The molecule has 2 aromatic rings. The zero-order chi connectivity index (χ0) is 28.9. The van der Waals surface area contributed by atoms with Crippen molar-refractivity contribution < 1.29 is 19.4 Å². The van der Waals surface area contributed by atoms with E-state index in [2.05, 4.69) is 10.3 Å². The molecule has 0 aromatic heterocycles. The molecule has 2 aliphatic rings. The van der Waals surface area contributed by atoms with Crippen LogP contribution < -0.4 is 15.8 Å². The van der Waals surface area contributed by atoms with Crippen LogP contribution in [0.5, 0.6) is 5.75 Å². The fourth-order valence-corrected chi connectivity index (χ4v) is 5.61. The molecule has 0 saturated heterocycles. The number of fused-ring (bicyclic) bond motifs is 1. The normalized spacial score (nSPS) is 15.1. The number of aliphatic hydroxyl groups is 1. The molecule has 0 spiro atoms. The summed E-state index contributed by atoms with van der Waals surface area (Å²) in [4.78, 5) is 33.9. The van der Waals surface area contributed by atoms with Crippen LogP contribution in [0.15, 0.2) is 53.5 Å². The summed E-state index contributed by atoms with van der Waals surface area (Å²) in [6, 6.07) is 15.9. The van der Waals surface area contributed by atoms with Gasteiger partial charge in [0.05, 0.1) is 18.8 Å². The van der Waals surface area contributed by atoms with Crippen molar-refractivity contribution in [2.24, 2.45) is 10.7 Å². The molecule has 2 amide bonds. The van der Waals surface area contributed by atoms with Gasteiger partial charge in [-0.2, -0.15) is 0 Å². The lowest BCUT2D eigenvalue weighted by Crippen LogP contribution is -2.44. The van der Waals surface area contributed by atoms with Crippen molar-refractivity contribution in [3.05, 3.63) is 59.7 Å². The van der Waals surface area contributed by atoms with Crippen LogP contribution >= 0.6 is 0 Å². The van der Waals surface area contributed by atoms with E-state index in [1.807, 2.05) is 53.4 Å². The minimum absolute atomic E-state index is 0.111. The molecule has 0 unspecified atom stereocenters. The monoisotopic (exact) mass is 563 g/mol. The first-order chi connectivity index (χ1) is 20.0. The molecule has 0 bridgehead atoms. The number of aliphatic imine (C=N–C) groups is 1. The fourth-order valence-electron chi connectivity index (χ4n) is 5.61. The molecule has 0 atom stereocenters. The predicted molar refractivity (Wildman–Crippen MR) is 161 cm³/mol. The summed E-state index contributed by atoms with van der Waals surface area (Å²) in [5, 5.41) is 12.2. The standard InChI is InChI=1S/C32H45N5O4/c33-32-35-28-16-10-17-29(27(28)23-36(32)24-30(39)34-22-25-12-4-1-5-13-25)41-21-9-3-8-18-31(40)37(19-11-20-38)26-14-6-2-7-15-26/h1,4-5,10,12-13,16-17,26,38H,2-3,6-9,11,14-15,18-24H2,(H2,33,35)(H,34,39). The number of rotatable bonds is 15. The summed E-state index contributed by atoms with van der Waals surface area (Å²) in [6.45, 7) is 2.33. The van der Waals surface area contributed by atoms with E-state index in [0.29, 0.717) is 51.1 Å². The van der Waals surface area contributed by atoms with Gasteiger partial charge in [-0.3, -0.25) is 9.59 Å². The number of hydrogen-bond acceptors (Lipinski definition) is 7. The Morgan fingerprint density at radius 2 is 1.83 bits per heavy atom. The molecule has 1 fully saturated rings. The third kappa shape index (κ3) is 9.21. The number of hydrogen-bond donors (Lipinski definition) is 3. The first-order valence-corrected chi connectivity index (χ1v) is 15.1. The summed E-state index contributed by atoms with van der Waals surface area (Å²) in [7, 11) is 0. The van der Waals surface area contributed by atoms with E-state index in [4.69, 9.17) is 10.5 Å². The Kier molecular flexibility index (Phi) is 11.9. The Balaban J connectivity index is 1.21. The molecule has 2 aromatic carbocycles. The fraction of sp³-hybridized carbons (Fsp3) is 0.531. The topological polar surface area (TPSA) is 120 Å². The van der Waals surface area contributed by atoms with Gasteiger partial charge < -0.3 is 30.7 Å². The SMILES string of the molecule is NC1=Nc2cccc(OCCCCCC(=O)N(CCCO)C3CCCCC3)c2CN1CC(=O)NCc1ccccc1. The lowest BCUT2D eigenvalue weighted by molar-refractivity contribution is -0.134. The highest BCUT2D eigenvalue weighted by molar-refractivity contribution is 5.89. The van der Waals surface area contributed by atoms with E-state index < -0.39 is 0 Å². The number of carbonyl (C=O) groups excluding carboxylic acids is 2. The van der Waals surface area contributed by atoms with Gasteiger partial charge >= 0.3 is 0 Å². The summed E-state index contributed by atoms with van der Waals surface area (Å²) in [6.07, 6.45) is 9.54. The van der Waals surface area contributed by atoms with Crippen molar-refractivity contribution in [3.63, 3.8) is 0 Å². The van der Waals surface area contributed by atoms with Gasteiger partial charge in [-0.05, 0) is 56.2 Å². The van der Waals surface area contributed by atoms with E-state index in [1.165, 1.54) is 19.3 Å². The maximum atomic E-state index is 13.0. The quantitative estimate of drug-likeness (QED) is 0.279. The van der Waals surface area contributed by atoms with Crippen molar-refractivity contribution in [2.45, 2.75) is 83.3 Å². The maximum absolute atomic E-state index is 13.0. The molecule has 41 heavy (non-hydrogen) atoms. The van der Waals surface area contributed by atoms with Gasteiger partial charge in [0, 0.05) is 37.7 Å². The van der Waals surface area contributed by atoms with Gasteiger partial charge in [-0.1, -0.05) is 55.7 Å². The molecule has 1 saturated carbocycles. The molecule has 0 radical (unpaired) electrons. The minimum Gasteiger partial charge on any atom is -0.493 e. The van der Waals surface area contributed by atoms with Crippen LogP contribution in [0.1, 0.15) is 75.3 Å². The molecule has 1 aliphatic heterocycles. The third-order valence-electron chi connectivity index (χ3n) is 7.87. The molecule has 9 nitrogen and oxygen atoms in total. The Hall–Kier alpha value is -3.59. The number of benzene rings is 2. The first-order valence-electron chi connectivity index (χ1n) is 15.1. The second-order valence-corrected chi connectivity index (χ2v) is 11.0. The van der Waals surface area contributed by atoms with Crippen molar-refractivity contribution in [2.75, 3.05) is 26.3 Å². The lowest BCUT2D eigenvalue weighted by atomic mass is 9.93. The average molecular weight is 564 g/mol. The molecular formula is C32H45N5O4. The molecule has 1 heterocycles. The van der Waals surface area contributed by atoms with Gasteiger partial charge in [0.25, 0.3) is 0 Å². The second-order valence-electron chi connectivity index (χ2n) is 11.0. The average Bonchev–Trinajstić information content (AvgIpc) is 2.99. The molecule has 9 heteroatoms. The van der Waals surface area contributed by atoms with Crippen LogP contribution in [0.3, 0.4) is 0 Å². The molecule has 4 N–H and O–H groups in total. The van der Waals surface area contributed by atoms with Crippen LogP contribution in [0.2, 0.25) is 0 Å². The molecule has 1 aliphatic carbocycles. The summed E-state index contributed by atoms with van der Waals surface area (Å²) in [5.74, 6) is 1.15. The van der Waals surface area contributed by atoms with Gasteiger partial charge in [0.15, 0.2) is 5.96 Å². The summed E-state index contributed by atoms with van der Waals surface area (Å²) >= 11 is 0. The first kappa shape index (κ1) is 30.4. The van der Waals surface area contributed by atoms with Crippen LogP contribution in [-0.2, 0) is 22.7 Å². The minimum atomic E-state index is -0.123. The zero-order valence-electron chi connectivity index (χ0n) is 24.1. The summed E-state index contributed by atoms with van der Waals surface area (Å²) in [5.41, 5.74) is 8.90. The highest BCUT2D eigenvalue weighted by atomic mass is 16.5. The number of nitrogens with zero attached hydrogens (tertiary/aromatic N) is 3. The van der Waals surface area contributed by atoms with E-state index in [0.717, 1.165) is 54.7 Å². The van der Waals surface area contributed by atoms with Crippen LogP contribution in [0.25, 0.3) is 0 Å². The van der Waals surface area contributed by atoms with Gasteiger partial charge in [0.1, 0.15) is 12.3 Å². The van der Waals surface area contributed by atoms with E-state index >= 15 is 0 Å². The Morgan fingerprint density at radius 3 is 2.61 bits per heavy atom. The lowest BCUT2D eigenvalue weighted by Gasteiger charge is -2.34. The summed E-state index contributed by atoms with van der Waals surface area (Å²) < 4.78 is 6.14. The number of aliphatic hydroxyl groups excluding tert-OH is 1. The van der Waals surface area contributed by atoms with Gasteiger partial charge in [0.2, 0.25) is 11.8 Å². The van der Waals surface area contributed by atoms with Crippen LogP contribution in [-0.4, -0.2) is 65.0 Å². The Bertz CT molecular complexity index is 1150. The smallest absolute Gasteiger partial charge is 0.239 e. The predicted octanol–water partition coefficient (Wildman–Crippen LogP) is 4.25. The zero-order valence-corrected chi connectivity index (χ0v) is 24.1.